The van der Waals surface area contributed by atoms with Crippen molar-refractivity contribution in [3.63, 3.8) is 0 Å². The highest BCUT2D eigenvalue weighted by Crippen LogP contribution is 2.23. The number of nitrogens with zero attached hydrogens (tertiary/aromatic N) is 1. The Morgan fingerprint density at radius 3 is 2.67 bits per heavy atom. The zero-order chi connectivity index (χ0) is 13.0. The molecule has 1 unspecified atom stereocenters. The van der Waals surface area contributed by atoms with E-state index in [1.54, 1.807) is 0 Å². The van der Waals surface area contributed by atoms with E-state index in [0.717, 1.165) is 12.2 Å². The van der Waals surface area contributed by atoms with Gasteiger partial charge in [0.1, 0.15) is 0 Å². The second-order valence-electron chi connectivity index (χ2n) is 4.28. The van der Waals surface area contributed by atoms with E-state index in [9.17, 15) is 0 Å². The van der Waals surface area contributed by atoms with Gasteiger partial charge in [-0.05, 0) is 65.4 Å². The van der Waals surface area contributed by atoms with Crippen molar-refractivity contribution >= 4 is 22.6 Å². The molecular weight excluding hydrogens is 335 g/mol. The van der Waals surface area contributed by atoms with Crippen molar-refractivity contribution in [2.45, 2.75) is 19.9 Å². The molecule has 0 bridgehead atoms. The molecule has 1 heterocycles. The van der Waals surface area contributed by atoms with Crippen LogP contribution in [0.4, 0.5) is 0 Å². The Labute approximate surface area is 122 Å². The number of halogens is 1. The van der Waals surface area contributed by atoms with E-state index in [2.05, 4.69) is 76.2 Å². The lowest BCUT2D eigenvalue weighted by molar-refractivity contribution is 0.628. The first-order valence-electron chi connectivity index (χ1n) is 6.12. The van der Waals surface area contributed by atoms with Gasteiger partial charge in [-0.15, -0.1) is 0 Å². The largest absolute Gasteiger partial charge is 0.306 e. The van der Waals surface area contributed by atoms with Crippen LogP contribution in [0.25, 0.3) is 0 Å². The quantitative estimate of drug-likeness (QED) is 0.849. The van der Waals surface area contributed by atoms with Gasteiger partial charge in [0, 0.05) is 15.5 Å². The molecule has 2 aromatic rings. The average Bonchev–Trinajstić information content (AvgIpc) is 2.37. The molecule has 0 fully saturated rings. The van der Waals surface area contributed by atoms with Gasteiger partial charge in [-0.25, -0.2) is 0 Å². The predicted molar refractivity (Wildman–Crippen MR) is 83.7 cm³/mol. The second kappa shape index (κ2) is 6.29. The summed E-state index contributed by atoms with van der Waals surface area (Å²) >= 11 is 2.35. The van der Waals surface area contributed by atoms with Crippen LogP contribution in [0.3, 0.4) is 0 Å². The fraction of sp³-hybridized carbons (Fsp3) is 0.267. The first-order chi connectivity index (χ1) is 8.70. The van der Waals surface area contributed by atoms with Crippen molar-refractivity contribution in [3.05, 3.63) is 63.0 Å². The fourth-order valence-corrected chi connectivity index (χ4v) is 2.54. The van der Waals surface area contributed by atoms with Crippen molar-refractivity contribution < 1.29 is 0 Å². The molecule has 0 aliphatic heterocycles. The molecule has 0 spiro atoms. The Morgan fingerprint density at radius 2 is 2.06 bits per heavy atom. The molecule has 0 radical (unpaired) electrons. The van der Waals surface area contributed by atoms with Crippen molar-refractivity contribution in [1.29, 1.82) is 0 Å². The fourth-order valence-electron chi connectivity index (χ4n) is 1.97. The zero-order valence-corrected chi connectivity index (χ0v) is 12.8. The normalized spacial score (nSPS) is 12.4. The summed E-state index contributed by atoms with van der Waals surface area (Å²) in [7, 11) is 0. The van der Waals surface area contributed by atoms with Crippen LogP contribution >= 0.6 is 22.6 Å². The number of benzene rings is 1. The first kappa shape index (κ1) is 13.5. The maximum atomic E-state index is 4.39. The number of hydrogen-bond donors (Lipinski definition) is 1. The third-order valence-electron chi connectivity index (χ3n) is 2.86. The highest BCUT2D eigenvalue weighted by Gasteiger charge is 2.13. The Balaban J connectivity index is 2.36. The van der Waals surface area contributed by atoms with Crippen LogP contribution in [0.15, 0.2) is 42.6 Å². The Bertz CT molecular complexity index is 508. The molecule has 94 valence electrons. The predicted octanol–water partition coefficient (Wildman–Crippen LogP) is 3.69. The number of aryl methyl sites for hydroxylation is 1. The van der Waals surface area contributed by atoms with Gasteiger partial charge in [-0.2, -0.15) is 0 Å². The number of hydrogen-bond acceptors (Lipinski definition) is 2. The Kier molecular flexibility index (Phi) is 4.72. The highest BCUT2D eigenvalue weighted by atomic mass is 127. The van der Waals surface area contributed by atoms with Crippen LogP contribution in [0.1, 0.15) is 29.8 Å². The van der Waals surface area contributed by atoms with Gasteiger partial charge in [0.05, 0.1) is 6.04 Å². The first-order valence-corrected chi connectivity index (χ1v) is 7.20. The van der Waals surface area contributed by atoms with Gasteiger partial charge in [0.25, 0.3) is 0 Å². The Morgan fingerprint density at radius 1 is 1.22 bits per heavy atom. The number of rotatable bonds is 4. The van der Waals surface area contributed by atoms with Crippen molar-refractivity contribution in [2.24, 2.45) is 0 Å². The summed E-state index contributed by atoms with van der Waals surface area (Å²) < 4.78 is 1.26. The number of pyridine rings is 1. The molecule has 3 heteroatoms. The van der Waals surface area contributed by atoms with Crippen LogP contribution in [-0.2, 0) is 0 Å². The smallest absolute Gasteiger partial charge is 0.0592 e. The van der Waals surface area contributed by atoms with Crippen molar-refractivity contribution in [3.8, 4) is 0 Å². The molecular formula is C15H17IN2. The molecule has 0 aliphatic carbocycles. The minimum absolute atomic E-state index is 0.220. The van der Waals surface area contributed by atoms with E-state index >= 15 is 0 Å². The summed E-state index contributed by atoms with van der Waals surface area (Å²) in [5.74, 6) is 0. The molecule has 2 nitrogen and oxygen atoms in total. The summed E-state index contributed by atoms with van der Waals surface area (Å²) in [6, 6.07) is 13.0. The summed E-state index contributed by atoms with van der Waals surface area (Å²) in [6.45, 7) is 5.07. The van der Waals surface area contributed by atoms with Crippen LogP contribution in [0, 0.1) is 10.5 Å². The summed E-state index contributed by atoms with van der Waals surface area (Å²) in [5.41, 5.74) is 3.55. The summed E-state index contributed by atoms with van der Waals surface area (Å²) in [6.07, 6.45) is 1.96. The maximum absolute atomic E-state index is 4.39. The molecule has 2 rings (SSSR count). The topological polar surface area (TPSA) is 24.9 Å². The third-order valence-corrected chi connectivity index (χ3v) is 3.53. The summed E-state index contributed by atoms with van der Waals surface area (Å²) in [5, 5.41) is 3.52. The van der Waals surface area contributed by atoms with Crippen molar-refractivity contribution in [2.75, 3.05) is 6.54 Å². The van der Waals surface area contributed by atoms with Crippen LogP contribution < -0.4 is 5.32 Å². The number of nitrogens with one attached hydrogen (secondary N) is 1. The molecule has 0 saturated carbocycles. The monoisotopic (exact) mass is 352 g/mol. The van der Waals surface area contributed by atoms with Gasteiger partial charge < -0.3 is 5.32 Å². The lowest BCUT2D eigenvalue weighted by Gasteiger charge is -2.19. The van der Waals surface area contributed by atoms with E-state index in [-0.39, 0.29) is 6.04 Å². The summed E-state index contributed by atoms with van der Waals surface area (Å²) in [4.78, 5) is 4.39. The SMILES string of the molecule is CCNC(c1ccc(C)nc1)c1cccc(I)c1. The van der Waals surface area contributed by atoms with Gasteiger partial charge >= 0.3 is 0 Å². The van der Waals surface area contributed by atoms with Crippen LogP contribution in [0.5, 0.6) is 0 Å². The molecule has 1 aromatic carbocycles. The maximum Gasteiger partial charge on any atom is 0.0592 e. The van der Waals surface area contributed by atoms with Gasteiger partial charge in [0.2, 0.25) is 0 Å². The zero-order valence-electron chi connectivity index (χ0n) is 10.7. The van der Waals surface area contributed by atoms with Gasteiger partial charge in [-0.3, -0.25) is 4.98 Å². The van der Waals surface area contributed by atoms with E-state index in [4.69, 9.17) is 0 Å². The third kappa shape index (κ3) is 3.29. The molecule has 1 N–H and O–H groups in total. The Hall–Kier alpha value is -0.940. The molecule has 0 saturated heterocycles. The molecule has 1 aromatic heterocycles. The molecule has 1 atom stereocenters. The lowest BCUT2D eigenvalue weighted by atomic mass is 10.00. The minimum Gasteiger partial charge on any atom is -0.306 e. The second-order valence-corrected chi connectivity index (χ2v) is 5.52. The lowest BCUT2D eigenvalue weighted by Crippen LogP contribution is -2.22. The number of aromatic nitrogens is 1. The average molecular weight is 352 g/mol. The molecule has 18 heavy (non-hydrogen) atoms. The molecule has 0 aliphatic rings. The van der Waals surface area contributed by atoms with E-state index < -0.39 is 0 Å². The van der Waals surface area contributed by atoms with Gasteiger partial charge in [-0.1, -0.05) is 25.1 Å². The van der Waals surface area contributed by atoms with E-state index in [1.807, 2.05) is 13.1 Å². The highest BCUT2D eigenvalue weighted by molar-refractivity contribution is 14.1. The van der Waals surface area contributed by atoms with Crippen LogP contribution in [-0.4, -0.2) is 11.5 Å². The van der Waals surface area contributed by atoms with E-state index in [0.29, 0.717) is 0 Å². The van der Waals surface area contributed by atoms with E-state index in [1.165, 1.54) is 14.7 Å². The standard InChI is InChI=1S/C15H17IN2/c1-3-17-15(12-5-4-6-14(16)9-12)13-8-7-11(2)18-10-13/h4-10,15,17H,3H2,1-2H3. The van der Waals surface area contributed by atoms with Crippen molar-refractivity contribution in [1.82, 2.24) is 10.3 Å². The minimum atomic E-state index is 0.220. The molecule has 0 amide bonds. The van der Waals surface area contributed by atoms with Crippen LogP contribution in [0.2, 0.25) is 0 Å². The van der Waals surface area contributed by atoms with Gasteiger partial charge in [0.15, 0.2) is 0 Å².